The Kier molecular flexibility index (Phi) is 18.3. The van der Waals surface area contributed by atoms with Gasteiger partial charge in [0, 0.05) is 42.1 Å². The molecule has 7 aliphatic rings. The molecule has 0 amide bonds. The predicted octanol–water partition coefficient (Wildman–Crippen LogP) is 11.4. The largest absolute Gasteiger partial charge is 0.462 e. The minimum atomic E-state index is -0.913. The molecule has 12 heteroatoms. The molecule has 394 valence electrons. The molecule has 6 atom stereocenters. The molecule has 5 aliphatic carbocycles. The van der Waals surface area contributed by atoms with Gasteiger partial charge in [-0.25, -0.2) is 0 Å². The molecule has 0 radical (unpaired) electrons. The molecule has 6 unspecified atom stereocenters. The van der Waals surface area contributed by atoms with Gasteiger partial charge >= 0.3 is 23.9 Å². The maximum absolute atomic E-state index is 15.2. The molecule has 6 fully saturated rings. The van der Waals surface area contributed by atoms with Gasteiger partial charge in [0.15, 0.2) is 5.78 Å². The Bertz CT molecular complexity index is 1880. The van der Waals surface area contributed by atoms with Crippen LogP contribution in [-0.4, -0.2) is 86.3 Å². The van der Waals surface area contributed by atoms with Crippen LogP contribution in [0.15, 0.2) is 11.1 Å². The van der Waals surface area contributed by atoms with Gasteiger partial charge in [0.25, 0.3) is 0 Å². The zero-order valence-corrected chi connectivity index (χ0v) is 44.5. The number of carbonyl (C=O) groups is 6. The van der Waals surface area contributed by atoms with E-state index in [4.69, 9.17) is 28.4 Å². The van der Waals surface area contributed by atoms with E-state index in [2.05, 4.69) is 0 Å². The fourth-order valence-electron chi connectivity index (χ4n) is 13.7. The van der Waals surface area contributed by atoms with Crippen LogP contribution in [0.3, 0.4) is 0 Å². The van der Waals surface area contributed by atoms with Gasteiger partial charge < -0.3 is 28.4 Å². The maximum atomic E-state index is 15.2. The fraction of sp³-hybridized carbons (Fsp3) is 0.862. The molecule has 2 heterocycles. The van der Waals surface area contributed by atoms with E-state index in [0.29, 0.717) is 128 Å². The van der Waals surface area contributed by atoms with Gasteiger partial charge in [-0.3, -0.25) is 28.8 Å². The number of ether oxygens (including phenoxy) is 6. The molecule has 0 aromatic rings. The van der Waals surface area contributed by atoms with E-state index in [-0.39, 0.29) is 83.7 Å². The molecule has 7 rings (SSSR count). The summed E-state index contributed by atoms with van der Waals surface area (Å²) in [6.45, 7) is 17.0. The van der Waals surface area contributed by atoms with Crippen molar-refractivity contribution in [3.05, 3.63) is 11.1 Å². The van der Waals surface area contributed by atoms with Crippen LogP contribution in [0.1, 0.15) is 209 Å². The van der Waals surface area contributed by atoms with Crippen molar-refractivity contribution in [1.29, 1.82) is 0 Å². The minimum Gasteiger partial charge on any atom is -0.462 e. The molecule has 0 N–H and O–H groups in total. The molecule has 0 aromatic heterocycles. The number of rotatable bonds is 20. The highest BCUT2D eigenvalue weighted by atomic mass is 16.6. The van der Waals surface area contributed by atoms with Crippen LogP contribution in [0.2, 0.25) is 0 Å². The average molecular weight is 979 g/mol. The minimum absolute atomic E-state index is 0.0357. The van der Waals surface area contributed by atoms with Gasteiger partial charge in [0.1, 0.15) is 30.2 Å². The Hall–Kier alpha value is -3.12. The smallest absolute Gasteiger partial charge is 0.312 e. The quantitative estimate of drug-likeness (QED) is 0.0841. The molecule has 0 spiro atoms. The maximum Gasteiger partial charge on any atom is 0.312 e. The lowest BCUT2D eigenvalue weighted by Crippen LogP contribution is -2.50. The summed E-state index contributed by atoms with van der Waals surface area (Å²) in [7, 11) is 0. The summed E-state index contributed by atoms with van der Waals surface area (Å²) in [6, 6.07) is 0. The lowest BCUT2D eigenvalue weighted by atomic mass is 9.51. The Morgan fingerprint density at radius 3 is 1.31 bits per heavy atom. The summed E-state index contributed by atoms with van der Waals surface area (Å²) in [6.07, 6.45) is 18.1. The first-order valence-corrected chi connectivity index (χ1v) is 28.1. The van der Waals surface area contributed by atoms with E-state index in [1.165, 1.54) is 18.4 Å². The van der Waals surface area contributed by atoms with Gasteiger partial charge in [0.2, 0.25) is 0 Å². The normalized spacial score (nSPS) is 31.1. The van der Waals surface area contributed by atoms with Gasteiger partial charge in [-0.05, 0) is 162 Å². The molecule has 0 aromatic carbocycles. The van der Waals surface area contributed by atoms with E-state index in [9.17, 15) is 19.2 Å². The summed E-state index contributed by atoms with van der Waals surface area (Å²) in [4.78, 5) is 84.7. The number of hydrogen-bond donors (Lipinski definition) is 0. The summed E-state index contributed by atoms with van der Waals surface area (Å²) in [5.74, 6) is -0.645. The molecule has 12 nitrogen and oxygen atoms in total. The highest BCUT2D eigenvalue weighted by Crippen LogP contribution is 2.57. The topological polar surface area (TPSA) is 158 Å². The second-order valence-electron chi connectivity index (χ2n) is 24.9. The monoisotopic (exact) mass is 979 g/mol. The summed E-state index contributed by atoms with van der Waals surface area (Å²) >= 11 is 0. The van der Waals surface area contributed by atoms with Crippen molar-refractivity contribution in [3.63, 3.8) is 0 Å². The number of allylic oxidation sites excluding steroid dienone is 2. The second kappa shape index (κ2) is 23.4. The molecule has 0 bridgehead atoms. The molecule has 2 saturated heterocycles. The van der Waals surface area contributed by atoms with E-state index >= 15 is 9.59 Å². The van der Waals surface area contributed by atoms with Crippen LogP contribution >= 0.6 is 0 Å². The van der Waals surface area contributed by atoms with Crippen LogP contribution in [0.5, 0.6) is 0 Å². The van der Waals surface area contributed by atoms with Gasteiger partial charge in [-0.1, -0.05) is 52.4 Å². The van der Waals surface area contributed by atoms with Gasteiger partial charge in [-0.2, -0.15) is 0 Å². The third kappa shape index (κ3) is 12.6. The lowest BCUT2D eigenvalue weighted by Gasteiger charge is -2.51. The van der Waals surface area contributed by atoms with Crippen molar-refractivity contribution in [2.75, 3.05) is 26.4 Å². The molecule has 4 saturated carbocycles. The highest BCUT2D eigenvalue weighted by molar-refractivity contribution is 6.04. The summed E-state index contributed by atoms with van der Waals surface area (Å²) in [5, 5.41) is 0. The zero-order valence-electron chi connectivity index (χ0n) is 44.5. The Balaban J connectivity index is 0.987. The number of Topliss-reactive ketones (excluding diaryl/α,β-unsaturated/α-hetero) is 2. The Morgan fingerprint density at radius 1 is 0.486 bits per heavy atom. The first kappa shape index (κ1) is 54.6. The SMILES string of the molecule is CCC(C)(CC(C)(C)C(=O)OC1CCC(C(=O)C2=C(C3CCCCC3)C(C(=O)C3CCC(OC(=O)C(C)(C)CC(C)(CC)C(=O)OC4CCOC4)CC3)C2C2CCCCC2)CC1)C(=O)OC1CCOC1. The average Bonchev–Trinajstić information content (AvgIpc) is 4.07. The van der Waals surface area contributed by atoms with E-state index < -0.39 is 21.7 Å². The lowest BCUT2D eigenvalue weighted by molar-refractivity contribution is -0.171. The molecular formula is C58H90O12. The third-order valence-corrected chi connectivity index (χ3v) is 18.4. The number of carbonyl (C=O) groups excluding carboxylic acids is 6. The van der Waals surface area contributed by atoms with Crippen LogP contribution in [0.25, 0.3) is 0 Å². The number of esters is 4. The van der Waals surface area contributed by atoms with Crippen molar-refractivity contribution in [3.8, 4) is 0 Å². The predicted molar refractivity (Wildman–Crippen MR) is 265 cm³/mol. The van der Waals surface area contributed by atoms with Crippen molar-refractivity contribution >= 4 is 35.4 Å². The second-order valence-corrected chi connectivity index (χ2v) is 24.9. The van der Waals surface area contributed by atoms with Crippen molar-refractivity contribution in [2.24, 2.45) is 57.2 Å². The van der Waals surface area contributed by atoms with Crippen molar-refractivity contribution in [1.82, 2.24) is 0 Å². The first-order valence-electron chi connectivity index (χ1n) is 28.1. The molecular weight excluding hydrogens is 889 g/mol. The Morgan fingerprint density at radius 2 is 0.900 bits per heavy atom. The van der Waals surface area contributed by atoms with Crippen molar-refractivity contribution in [2.45, 2.75) is 234 Å². The van der Waals surface area contributed by atoms with Crippen LogP contribution in [-0.2, 0) is 57.2 Å². The zero-order chi connectivity index (χ0) is 50.4. The Labute approximate surface area is 419 Å². The summed E-state index contributed by atoms with van der Waals surface area (Å²) in [5.41, 5.74) is -1.34. The fourth-order valence-corrected chi connectivity index (χ4v) is 13.7. The summed E-state index contributed by atoms with van der Waals surface area (Å²) < 4.78 is 34.9. The van der Waals surface area contributed by atoms with E-state index in [1.807, 2.05) is 55.4 Å². The van der Waals surface area contributed by atoms with E-state index in [0.717, 1.165) is 56.9 Å². The molecule has 2 aliphatic heterocycles. The van der Waals surface area contributed by atoms with Gasteiger partial charge in [-0.15, -0.1) is 0 Å². The highest BCUT2D eigenvalue weighted by Gasteiger charge is 2.55. The van der Waals surface area contributed by atoms with Crippen molar-refractivity contribution < 1.29 is 57.2 Å². The standard InChI is InChI=1S/C58H90O12/c1-9-57(7,53(63)69-43-29-31-65-33-43)35-55(3,4)51(61)67-41-25-21-39(22-26-41)49(59)47-45(37-17-13-11-14-18-37)48(46(47)38-19-15-12-16-20-38)50(60)40-23-27-42(28-24-40)68-52(62)56(5,6)36-58(8,10-2)54(64)70-44-30-32-66-34-44/h37-45,47H,9-36H2,1-8H3. The number of ketones is 2. The molecule has 70 heavy (non-hydrogen) atoms. The van der Waals surface area contributed by atoms with Gasteiger partial charge in [0.05, 0.1) is 48.1 Å². The first-order chi connectivity index (χ1) is 33.3. The van der Waals surface area contributed by atoms with Crippen LogP contribution in [0.4, 0.5) is 0 Å². The number of hydrogen-bond acceptors (Lipinski definition) is 12. The van der Waals surface area contributed by atoms with E-state index in [1.54, 1.807) is 0 Å². The van der Waals surface area contributed by atoms with Crippen LogP contribution in [0, 0.1) is 57.2 Å². The third-order valence-electron chi connectivity index (χ3n) is 18.4. The van der Waals surface area contributed by atoms with Crippen LogP contribution < -0.4 is 0 Å².